The van der Waals surface area contributed by atoms with Crippen LogP contribution in [0.2, 0.25) is 0 Å². The number of nitrogens with zero attached hydrogens (tertiary/aromatic N) is 1. The van der Waals surface area contributed by atoms with Crippen molar-refractivity contribution >= 4 is 35.3 Å². The van der Waals surface area contributed by atoms with Crippen molar-refractivity contribution in [2.45, 2.75) is 24.1 Å². The van der Waals surface area contributed by atoms with Crippen LogP contribution in [0.5, 0.6) is 0 Å². The number of piperidine rings is 1. The van der Waals surface area contributed by atoms with E-state index in [9.17, 15) is 14.7 Å². The minimum atomic E-state index is -1.23. The molecule has 1 aliphatic heterocycles. The Morgan fingerprint density at radius 3 is 2.18 bits per heavy atom. The fourth-order valence-corrected chi connectivity index (χ4v) is 3.92. The number of carboxylic acids is 1. The minimum absolute atomic E-state index is 0.0706. The second-order valence-electron chi connectivity index (χ2n) is 5.05. The van der Waals surface area contributed by atoms with E-state index in [1.54, 1.807) is 0 Å². The van der Waals surface area contributed by atoms with Gasteiger partial charge in [0.15, 0.2) is 0 Å². The van der Waals surface area contributed by atoms with Gasteiger partial charge in [-0.3, -0.25) is 4.79 Å². The molecule has 0 radical (unpaired) electrons. The van der Waals surface area contributed by atoms with Gasteiger partial charge in [0.1, 0.15) is 4.33 Å². The number of alkyl halides is 2. The van der Waals surface area contributed by atoms with Gasteiger partial charge in [-0.2, -0.15) is 0 Å². The Bertz CT molecular complexity index is 400. The van der Waals surface area contributed by atoms with Crippen molar-refractivity contribution in [3.8, 4) is 0 Å². The third kappa shape index (κ3) is 1.52. The van der Waals surface area contributed by atoms with E-state index in [4.69, 9.17) is 28.3 Å². The zero-order chi connectivity index (χ0) is 13.1. The van der Waals surface area contributed by atoms with Crippen molar-refractivity contribution in [1.29, 1.82) is 0 Å². The normalized spacial score (nSPS) is 39.1. The van der Waals surface area contributed by atoms with Crippen LogP contribution >= 0.6 is 23.2 Å². The molecule has 1 heterocycles. The van der Waals surface area contributed by atoms with Crippen LogP contribution < -0.4 is 0 Å². The predicted octanol–water partition coefficient (Wildman–Crippen LogP) is 2.02. The van der Waals surface area contributed by atoms with Crippen molar-refractivity contribution in [3.63, 3.8) is 0 Å². The maximum atomic E-state index is 11.5. The molecule has 1 unspecified atom stereocenters. The molecule has 2 rings (SSSR count). The molecule has 1 aliphatic carbocycles. The number of carbonyl (C=O) groups is 2. The molecule has 96 valence electrons. The summed E-state index contributed by atoms with van der Waals surface area (Å²) in [6.45, 7) is 1.73. The molecule has 1 saturated heterocycles. The van der Waals surface area contributed by atoms with Crippen molar-refractivity contribution in [2.24, 2.45) is 10.8 Å². The van der Waals surface area contributed by atoms with E-state index >= 15 is 0 Å². The summed E-state index contributed by atoms with van der Waals surface area (Å²) in [5, 5.41) is 18.3. The highest BCUT2D eigenvalue weighted by atomic mass is 35.5. The largest absolute Gasteiger partial charge is 0.481 e. The summed E-state index contributed by atoms with van der Waals surface area (Å²) in [4.78, 5) is 23.5. The molecule has 17 heavy (non-hydrogen) atoms. The molecule has 0 aromatic heterocycles. The monoisotopic (exact) mass is 281 g/mol. The zero-order valence-corrected chi connectivity index (χ0v) is 10.8. The molecule has 1 amide bonds. The molecule has 2 N–H and O–H groups in total. The van der Waals surface area contributed by atoms with E-state index in [1.807, 2.05) is 0 Å². The minimum Gasteiger partial charge on any atom is -0.481 e. The zero-order valence-electron chi connectivity index (χ0n) is 9.24. The SMILES string of the molecule is C[C@@]1(C(=O)O)CN(C(=O)O)CCC12CC2(Cl)Cl. The predicted molar refractivity (Wildman–Crippen MR) is 61.4 cm³/mol. The smallest absolute Gasteiger partial charge is 0.407 e. The third-order valence-electron chi connectivity index (χ3n) is 4.21. The van der Waals surface area contributed by atoms with Crippen molar-refractivity contribution in [1.82, 2.24) is 4.90 Å². The molecule has 0 aromatic rings. The van der Waals surface area contributed by atoms with Gasteiger partial charge in [-0.05, 0) is 19.8 Å². The Labute approximate surface area is 108 Å². The quantitative estimate of drug-likeness (QED) is 0.721. The first kappa shape index (κ1) is 12.8. The lowest BCUT2D eigenvalue weighted by Gasteiger charge is -2.44. The number of hydrogen-bond acceptors (Lipinski definition) is 2. The summed E-state index contributed by atoms with van der Waals surface area (Å²) in [5.74, 6) is -1.05. The molecule has 1 spiro atoms. The third-order valence-corrected chi connectivity index (χ3v) is 5.20. The van der Waals surface area contributed by atoms with Crippen LogP contribution in [-0.2, 0) is 4.79 Å². The van der Waals surface area contributed by atoms with Crippen LogP contribution in [0.3, 0.4) is 0 Å². The van der Waals surface area contributed by atoms with Crippen molar-refractivity contribution < 1.29 is 19.8 Å². The Kier molecular flexibility index (Phi) is 2.57. The molecular weight excluding hydrogens is 269 g/mol. The van der Waals surface area contributed by atoms with Crippen LogP contribution in [0.4, 0.5) is 4.79 Å². The van der Waals surface area contributed by atoms with Gasteiger partial charge in [0.25, 0.3) is 0 Å². The highest BCUT2D eigenvalue weighted by Gasteiger charge is 2.77. The van der Waals surface area contributed by atoms with Gasteiger partial charge < -0.3 is 15.1 Å². The van der Waals surface area contributed by atoms with Gasteiger partial charge in [-0.1, -0.05) is 0 Å². The maximum absolute atomic E-state index is 11.5. The molecule has 7 heteroatoms. The average molecular weight is 282 g/mol. The molecule has 0 bridgehead atoms. The van der Waals surface area contributed by atoms with Gasteiger partial charge >= 0.3 is 12.1 Å². The van der Waals surface area contributed by atoms with E-state index in [0.717, 1.165) is 4.90 Å². The summed E-state index contributed by atoms with van der Waals surface area (Å²) in [6.07, 6.45) is -0.322. The molecule has 2 atom stereocenters. The van der Waals surface area contributed by atoms with E-state index in [2.05, 4.69) is 0 Å². The number of likely N-dealkylation sites (tertiary alicyclic amines) is 1. The Morgan fingerprint density at radius 2 is 1.82 bits per heavy atom. The topological polar surface area (TPSA) is 77.8 Å². The first-order valence-electron chi connectivity index (χ1n) is 5.25. The van der Waals surface area contributed by atoms with E-state index in [0.29, 0.717) is 12.8 Å². The number of rotatable bonds is 1. The summed E-state index contributed by atoms with van der Waals surface area (Å²) < 4.78 is -1.05. The van der Waals surface area contributed by atoms with Crippen LogP contribution in [0, 0.1) is 10.8 Å². The first-order valence-corrected chi connectivity index (χ1v) is 6.01. The van der Waals surface area contributed by atoms with Gasteiger partial charge in [0.2, 0.25) is 0 Å². The second-order valence-corrected chi connectivity index (χ2v) is 6.54. The number of amides is 1. The van der Waals surface area contributed by atoms with Crippen LogP contribution in [-0.4, -0.2) is 44.6 Å². The Balaban J connectivity index is 2.34. The molecule has 0 aromatic carbocycles. The highest BCUT2D eigenvalue weighted by molar-refractivity contribution is 6.51. The van der Waals surface area contributed by atoms with Gasteiger partial charge in [-0.15, -0.1) is 23.2 Å². The summed E-state index contributed by atoms with van der Waals surface area (Å²) in [5.41, 5.74) is -1.94. The highest BCUT2D eigenvalue weighted by Crippen LogP contribution is 2.74. The summed E-state index contributed by atoms with van der Waals surface area (Å²) in [6, 6.07) is 0. The Hall–Kier alpha value is -0.680. The van der Waals surface area contributed by atoms with E-state index in [-0.39, 0.29) is 13.1 Å². The average Bonchev–Trinajstić information content (AvgIpc) is 2.74. The van der Waals surface area contributed by atoms with Crippen LogP contribution in [0.1, 0.15) is 19.8 Å². The van der Waals surface area contributed by atoms with Crippen molar-refractivity contribution in [3.05, 3.63) is 0 Å². The summed E-state index contributed by atoms with van der Waals surface area (Å²) >= 11 is 12.1. The number of aliphatic carboxylic acids is 1. The van der Waals surface area contributed by atoms with Gasteiger partial charge in [-0.25, -0.2) is 4.79 Å². The lowest BCUT2D eigenvalue weighted by molar-refractivity contribution is -0.156. The number of hydrogen-bond donors (Lipinski definition) is 2. The second kappa shape index (κ2) is 3.42. The maximum Gasteiger partial charge on any atom is 0.407 e. The lowest BCUT2D eigenvalue weighted by atomic mass is 9.69. The lowest BCUT2D eigenvalue weighted by Crippen LogP contribution is -2.55. The van der Waals surface area contributed by atoms with E-state index in [1.165, 1.54) is 6.92 Å². The molecule has 2 fully saturated rings. The molecule has 1 saturated carbocycles. The standard InChI is InChI=1S/C10H13Cl2NO4/c1-8(6(14)15)5-13(7(16)17)3-2-9(8)4-10(9,11)12/h2-5H2,1H3,(H,14,15)(H,16,17)/t8-,9?/m0/s1. The fraction of sp³-hybridized carbons (Fsp3) is 0.800. The molecule has 2 aliphatic rings. The molecule has 5 nitrogen and oxygen atoms in total. The summed E-state index contributed by atoms with van der Waals surface area (Å²) in [7, 11) is 0. The molecular formula is C10H13Cl2NO4. The number of carboxylic acid groups (broad SMARTS) is 2. The van der Waals surface area contributed by atoms with Gasteiger partial charge in [0, 0.05) is 18.5 Å². The van der Waals surface area contributed by atoms with Crippen LogP contribution in [0.25, 0.3) is 0 Å². The number of halogens is 2. The van der Waals surface area contributed by atoms with Crippen LogP contribution in [0.15, 0.2) is 0 Å². The Morgan fingerprint density at radius 1 is 1.29 bits per heavy atom. The van der Waals surface area contributed by atoms with E-state index < -0.39 is 27.2 Å². The van der Waals surface area contributed by atoms with Gasteiger partial charge in [0.05, 0.1) is 5.41 Å². The van der Waals surface area contributed by atoms with Crippen molar-refractivity contribution in [2.75, 3.05) is 13.1 Å². The first-order chi connectivity index (χ1) is 7.66. The fourth-order valence-electron chi connectivity index (χ4n) is 2.85.